The minimum Gasteiger partial charge on any atom is -0.507 e. The van der Waals surface area contributed by atoms with Crippen molar-refractivity contribution in [3.8, 4) is 5.75 Å². The standard InChI is InChI=1S/C31H56O7P2/c1-8-12-19-35-39(33,36-20-13-9-2)29(40(34,37-21-14-10-3)38-22-15-11-4)24-25-23-28(31(5,6)7)30(32)27-18-16-17-26(25)27/h23,29,32H,8-22,24H2,1-7H3. The number of unbranched alkanes of at least 4 members (excludes halogenated alkanes) is 4. The summed E-state index contributed by atoms with van der Waals surface area (Å²) in [5.74, 6) is 0.350. The molecule has 0 atom stereocenters. The van der Waals surface area contributed by atoms with Crippen LogP contribution < -0.4 is 0 Å². The minimum absolute atomic E-state index is 0.177. The van der Waals surface area contributed by atoms with Gasteiger partial charge in [0.1, 0.15) is 5.75 Å². The van der Waals surface area contributed by atoms with Crippen molar-refractivity contribution in [2.75, 3.05) is 26.4 Å². The van der Waals surface area contributed by atoms with Crippen LogP contribution in [0.3, 0.4) is 0 Å². The normalized spacial score (nSPS) is 14.3. The maximum atomic E-state index is 14.8. The Hall–Kier alpha value is -0.680. The Morgan fingerprint density at radius 3 is 1.52 bits per heavy atom. The van der Waals surface area contributed by atoms with Crippen molar-refractivity contribution in [1.29, 1.82) is 0 Å². The molecule has 2 rings (SSSR count). The molecule has 1 N–H and O–H groups in total. The second-order valence-electron chi connectivity index (χ2n) is 12.0. The molecule has 0 unspecified atom stereocenters. The summed E-state index contributed by atoms with van der Waals surface area (Å²) in [6.07, 6.45) is 9.07. The summed E-state index contributed by atoms with van der Waals surface area (Å²) in [7, 11) is -7.88. The van der Waals surface area contributed by atoms with E-state index in [-0.39, 0.29) is 38.3 Å². The lowest BCUT2D eigenvalue weighted by molar-refractivity contribution is 0.176. The van der Waals surface area contributed by atoms with Gasteiger partial charge < -0.3 is 23.2 Å². The Kier molecular flexibility index (Phi) is 14.9. The number of hydrogen-bond acceptors (Lipinski definition) is 7. The van der Waals surface area contributed by atoms with Crippen molar-refractivity contribution in [1.82, 2.24) is 0 Å². The average molecular weight is 603 g/mol. The van der Waals surface area contributed by atoms with Gasteiger partial charge in [-0.1, -0.05) is 80.2 Å². The molecule has 0 amide bonds. The quantitative estimate of drug-likeness (QED) is 0.117. The molecule has 0 bridgehead atoms. The Morgan fingerprint density at radius 2 is 1.15 bits per heavy atom. The van der Waals surface area contributed by atoms with Gasteiger partial charge in [0.05, 0.1) is 26.4 Å². The summed E-state index contributed by atoms with van der Waals surface area (Å²) in [4.78, 5) is 0. The minimum atomic E-state index is -3.94. The fourth-order valence-corrected chi connectivity index (χ4v) is 10.4. The highest BCUT2D eigenvalue weighted by Gasteiger charge is 2.51. The molecule has 0 aromatic heterocycles. The predicted octanol–water partition coefficient (Wildman–Crippen LogP) is 9.70. The van der Waals surface area contributed by atoms with Crippen LogP contribution in [0.25, 0.3) is 0 Å². The lowest BCUT2D eigenvalue weighted by atomic mass is 9.82. The molecule has 9 heteroatoms. The van der Waals surface area contributed by atoms with Gasteiger partial charge in [-0.3, -0.25) is 9.13 Å². The molecule has 0 saturated carbocycles. The summed E-state index contributed by atoms with van der Waals surface area (Å²) in [6.45, 7) is 15.4. The van der Waals surface area contributed by atoms with Crippen LogP contribution in [0.15, 0.2) is 6.07 Å². The second-order valence-corrected chi connectivity index (χ2v) is 16.9. The first-order valence-electron chi connectivity index (χ1n) is 15.6. The van der Waals surface area contributed by atoms with E-state index >= 15 is 0 Å². The maximum Gasteiger partial charge on any atom is 0.346 e. The predicted molar refractivity (Wildman–Crippen MR) is 165 cm³/mol. The van der Waals surface area contributed by atoms with E-state index in [1.54, 1.807) is 0 Å². The molecule has 0 spiro atoms. The van der Waals surface area contributed by atoms with E-state index < -0.39 is 20.6 Å². The first-order valence-corrected chi connectivity index (χ1v) is 18.8. The number of rotatable bonds is 20. The summed E-state index contributed by atoms with van der Waals surface area (Å²) in [6, 6.07) is 2.01. The highest BCUT2D eigenvalue weighted by Crippen LogP contribution is 2.71. The zero-order valence-electron chi connectivity index (χ0n) is 26.3. The van der Waals surface area contributed by atoms with Crippen LogP contribution in [-0.2, 0) is 51.9 Å². The third-order valence-corrected chi connectivity index (χ3v) is 13.2. The van der Waals surface area contributed by atoms with E-state index in [1.165, 1.54) is 0 Å². The zero-order chi connectivity index (χ0) is 29.8. The molecular formula is C31H56O7P2. The average Bonchev–Trinajstić information content (AvgIpc) is 3.39. The molecule has 7 nitrogen and oxygen atoms in total. The van der Waals surface area contributed by atoms with Crippen LogP contribution in [0.5, 0.6) is 5.75 Å². The van der Waals surface area contributed by atoms with Gasteiger partial charge in [0.25, 0.3) is 0 Å². The molecule has 0 radical (unpaired) electrons. The molecular weight excluding hydrogens is 546 g/mol. The van der Waals surface area contributed by atoms with Crippen molar-refractivity contribution in [3.05, 3.63) is 28.3 Å². The molecule has 232 valence electrons. The number of benzene rings is 1. The third kappa shape index (κ3) is 9.68. The number of phenols is 1. The smallest absolute Gasteiger partial charge is 0.346 e. The number of aromatic hydroxyl groups is 1. The van der Waals surface area contributed by atoms with E-state index in [9.17, 15) is 14.2 Å². The van der Waals surface area contributed by atoms with E-state index in [4.69, 9.17) is 18.1 Å². The molecule has 1 aromatic rings. The maximum absolute atomic E-state index is 14.8. The Bertz CT molecular complexity index is 936. The van der Waals surface area contributed by atoms with Crippen molar-refractivity contribution in [2.45, 2.75) is 136 Å². The monoisotopic (exact) mass is 602 g/mol. The van der Waals surface area contributed by atoms with Crippen molar-refractivity contribution < 1.29 is 32.3 Å². The van der Waals surface area contributed by atoms with Gasteiger partial charge in [0, 0.05) is 0 Å². The molecule has 0 saturated heterocycles. The Morgan fingerprint density at radius 1 is 0.750 bits per heavy atom. The van der Waals surface area contributed by atoms with Crippen molar-refractivity contribution >= 4 is 15.2 Å². The largest absolute Gasteiger partial charge is 0.507 e. The number of hydrogen-bond donors (Lipinski definition) is 1. The van der Waals surface area contributed by atoms with Crippen LogP contribution in [0, 0.1) is 0 Å². The van der Waals surface area contributed by atoms with Gasteiger partial charge in [-0.05, 0) is 79.0 Å². The first-order chi connectivity index (χ1) is 19.0. The summed E-state index contributed by atoms with van der Waals surface area (Å²) in [5.41, 5.74) is 3.46. The van der Waals surface area contributed by atoms with E-state index in [0.29, 0.717) is 31.4 Å². The van der Waals surface area contributed by atoms with Crippen LogP contribution in [-0.4, -0.2) is 36.9 Å². The van der Waals surface area contributed by atoms with Gasteiger partial charge in [-0.15, -0.1) is 0 Å². The molecule has 0 aliphatic heterocycles. The van der Waals surface area contributed by atoms with Crippen molar-refractivity contribution in [3.63, 3.8) is 0 Å². The zero-order valence-corrected chi connectivity index (χ0v) is 28.0. The second kappa shape index (κ2) is 16.8. The molecule has 0 fully saturated rings. The Labute approximate surface area is 244 Å². The van der Waals surface area contributed by atoms with Crippen LogP contribution in [0.2, 0.25) is 0 Å². The fourth-order valence-electron chi connectivity index (χ4n) is 4.96. The van der Waals surface area contributed by atoms with Gasteiger partial charge in [0.2, 0.25) is 0 Å². The third-order valence-electron chi connectivity index (χ3n) is 7.48. The molecule has 1 aliphatic rings. The highest BCUT2D eigenvalue weighted by molar-refractivity contribution is 7.72. The molecule has 40 heavy (non-hydrogen) atoms. The van der Waals surface area contributed by atoms with Gasteiger partial charge in [0.15, 0.2) is 5.40 Å². The summed E-state index contributed by atoms with van der Waals surface area (Å²) >= 11 is 0. The van der Waals surface area contributed by atoms with Gasteiger partial charge >= 0.3 is 15.2 Å². The number of fused-ring (bicyclic) bond motifs is 1. The fraction of sp³-hybridized carbons (Fsp3) is 0.806. The van der Waals surface area contributed by atoms with E-state index in [0.717, 1.165) is 67.2 Å². The first kappa shape index (κ1) is 35.5. The van der Waals surface area contributed by atoms with Crippen LogP contribution >= 0.6 is 15.2 Å². The van der Waals surface area contributed by atoms with Crippen LogP contribution in [0.1, 0.15) is 129 Å². The van der Waals surface area contributed by atoms with E-state index in [1.807, 2.05) is 33.8 Å². The topological polar surface area (TPSA) is 91.3 Å². The number of phenolic OH excluding ortho intramolecular Hbond substituents is 1. The molecule has 1 aromatic carbocycles. The van der Waals surface area contributed by atoms with Crippen LogP contribution in [0.4, 0.5) is 0 Å². The highest BCUT2D eigenvalue weighted by atomic mass is 31.2. The molecule has 0 heterocycles. The lowest BCUT2D eigenvalue weighted by Crippen LogP contribution is -2.22. The lowest BCUT2D eigenvalue weighted by Gasteiger charge is -2.33. The summed E-state index contributed by atoms with van der Waals surface area (Å²) < 4.78 is 54.0. The van der Waals surface area contributed by atoms with Gasteiger partial charge in [-0.25, -0.2) is 0 Å². The SMILES string of the molecule is CCCCOP(=O)(OCCCC)C(Cc1cc(C(C)(C)C)c(O)c2c1CCC2)P(=O)(OCCCC)OCCCC. The van der Waals surface area contributed by atoms with E-state index in [2.05, 4.69) is 20.8 Å². The molecule has 1 aliphatic carbocycles. The Balaban J connectivity index is 2.70. The summed E-state index contributed by atoms with van der Waals surface area (Å²) in [5, 5.41) is 10.1. The van der Waals surface area contributed by atoms with Crippen molar-refractivity contribution in [2.24, 2.45) is 0 Å². The van der Waals surface area contributed by atoms with Gasteiger partial charge in [-0.2, -0.15) is 0 Å².